The zero-order chi connectivity index (χ0) is 18.0. The lowest BCUT2D eigenvalue weighted by atomic mass is 9.86. The van der Waals surface area contributed by atoms with E-state index in [0.717, 1.165) is 37.5 Å². The summed E-state index contributed by atoms with van der Waals surface area (Å²) in [6.45, 7) is 5.92. The fraction of sp³-hybridized carbons (Fsp3) is 0.611. The van der Waals surface area contributed by atoms with Crippen molar-refractivity contribution in [3.8, 4) is 0 Å². The van der Waals surface area contributed by atoms with E-state index in [1.54, 1.807) is 12.1 Å². The van der Waals surface area contributed by atoms with Crippen LogP contribution in [0.2, 0.25) is 0 Å². The fourth-order valence-electron chi connectivity index (χ4n) is 3.18. The van der Waals surface area contributed by atoms with Crippen molar-refractivity contribution in [2.45, 2.75) is 57.9 Å². The Morgan fingerprint density at radius 3 is 2.33 bits per heavy atom. The molecule has 5 nitrogen and oxygen atoms in total. The Bertz CT molecular complexity index is 686. The lowest BCUT2D eigenvalue weighted by Gasteiger charge is -2.30. The van der Waals surface area contributed by atoms with E-state index in [4.69, 9.17) is 0 Å². The molecule has 0 aliphatic heterocycles. The number of rotatable bonds is 5. The van der Waals surface area contributed by atoms with Crippen molar-refractivity contribution < 1.29 is 13.2 Å². The predicted molar refractivity (Wildman–Crippen MR) is 97.7 cm³/mol. The van der Waals surface area contributed by atoms with Crippen molar-refractivity contribution in [1.29, 1.82) is 0 Å². The first-order valence-electron chi connectivity index (χ1n) is 8.45. The standard InChI is InChI=1S/C18H28N2O3S/c1-18(2,3)15-11-7-8-12-16(15)20(24(4,22)23)13-17(21)19-14-9-5-6-10-14/h7-8,11-12,14H,5-6,9-10,13H2,1-4H3,(H,19,21). The molecule has 1 aliphatic carbocycles. The molecule has 1 saturated carbocycles. The number of amides is 1. The van der Waals surface area contributed by atoms with Crippen molar-refractivity contribution in [2.24, 2.45) is 0 Å². The molecule has 2 rings (SSSR count). The number of sulfonamides is 1. The molecule has 1 N–H and O–H groups in total. The molecular weight excluding hydrogens is 324 g/mol. The smallest absolute Gasteiger partial charge is 0.240 e. The molecule has 0 aromatic heterocycles. The second-order valence-electron chi connectivity index (χ2n) is 7.59. The van der Waals surface area contributed by atoms with Crippen molar-refractivity contribution in [1.82, 2.24) is 5.32 Å². The van der Waals surface area contributed by atoms with Crippen LogP contribution in [0.25, 0.3) is 0 Å². The third-order valence-corrected chi connectivity index (χ3v) is 5.52. The van der Waals surface area contributed by atoms with Gasteiger partial charge in [0, 0.05) is 6.04 Å². The van der Waals surface area contributed by atoms with Crippen LogP contribution in [0, 0.1) is 0 Å². The second kappa shape index (κ2) is 7.13. The zero-order valence-electron chi connectivity index (χ0n) is 15.0. The van der Waals surface area contributed by atoms with Gasteiger partial charge in [-0.2, -0.15) is 0 Å². The van der Waals surface area contributed by atoms with Gasteiger partial charge in [0.1, 0.15) is 6.54 Å². The zero-order valence-corrected chi connectivity index (χ0v) is 15.8. The Balaban J connectivity index is 2.28. The number of para-hydroxylation sites is 1. The highest BCUT2D eigenvalue weighted by Gasteiger charge is 2.28. The quantitative estimate of drug-likeness (QED) is 0.886. The van der Waals surface area contributed by atoms with Crippen LogP contribution in [0.15, 0.2) is 24.3 Å². The summed E-state index contributed by atoms with van der Waals surface area (Å²) < 4.78 is 25.9. The van der Waals surface area contributed by atoms with Crippen molar-refractivity contribution in [2.75, 3.05) is 17.1 Å². The maximum atomic E-state index is 12.4. The third-order valence-electron chi connectivity index (χ3n) is 4.39. The molecule has 1 amide bonds. The third kappa shape index (κ3) is 4.72. The summed E-state index contributed by atoms with van der Waals surface area (Å²) in [5.41, 5.74) is 1.26. The minimum atomic E-state index is -3.56. The molecule has 1 fully saturated rings. The molecule has 24 heavy (non-hydrogen) atoms. The number of hydrogen-bond donors (Lipinski definition) is 1. The first kappa shape index (κ1) is 18.8. The van der Waals surface area contributed by atoms with Crippen LogP contribution in [-0.2, 0) is 20.2 Å². The van der Waals surface area contributed by atoms with E-state index in [1.807, 2.05) is 32.9 Å². The Labute approximate surface area is 145 Å². The average Bonchev–Trinajstić information content (AvgIpc) is 2.95. The molecule has 0 spiro atoms. The fourth-order valence-corrected chi connectivity index (χ4v) is 4.05. The highest BCUT2D eigenvalue weighted by atomic mass is 32.2. The van der Waals surface area contributed by atoms with Crippen molar-refractivity contribution in [3.63, 3.8) is 0 Å². The molecule has 1 aliphatic rings. The van der Waals surface area contributed by atoms with Gasteiger partial charge in [0.25, 0.3) is 0 Å². The van der Waals surface area contributed by atoms with Gasteiger partial charge >= 0.3 is 0 Å². The normalized spacial score (nSPS) is 16.2. The lowest BCUT2D eigenvalue weighted by Crippen LogP contribution is -2.44. The second-order valence-corrected chi connectivity index (χ2v) is 9.49. The van der Waals surface area contributed by atoms with E-state index in [9.17, 15) is 13.2 Å². The highest BCUT2D eigenvalue weighted by Crippen LogP contribution is 2.32. The molecule has 1 aromatic rings. The molecule has 0 atom stereocenters. The van der Waals surface area contributed by atoms with Crippen LogP contribution in [0.1, 0.15) is 52.0 Å². The van der Waals surface area contributed by atoms with Gasteiger partial charge in [-0.1, -0.05) is 51.8 Å². The van der Waals surface area contributed by atoms with Gasteiger partial charge in [-0.3, -0.25) is 9.10 Å². The van der Waals surface area contributed by atoms with E-state index in [1.165, 1.54) is 4.31 Å². The topological polar surface area (TPSA) is 66.5 Å². The summed E-state index contributed by atoms with van der Waals surface area (Å²) in [5, 5.41) is 2.96. The molecule has 0 heterocycles. The van der Waals surface area contributed by atoms with Crippen LogP contribution in [0.4, 0.5) is 5.69 Å². The lowest BCUT2D eigenvalue weighted by molar-refractivity contribution is -0.120. The van der Waals surface area contributed by atoms with Crippen molar-refractivity contribution in [3.05, 3.63) is 29.8 Å². The minimum absolute atomic E-state index is 0.178. The van der Waals surface area contributed by atoms with E-state index in [0.29, 0.717) is 5.69 Å². The number of carbonyl (C=O) groups excluding carboxylic acids is 1. The largest absolute Gasteiger partial charge is 0.352 e. The summed E-state index contributed by atoms with van der Waals surface area (Å²) in [6.07, 6.45) is 5.34. The van der Waals surface area contributed by atoms with E-state index in [-0.39, 0.29) is 23.9 Å². The molecule has 0 saturated heterocycles. The molecule has 0 radical (unpaired) electrons. The molecular formula is C18H28N2O3S. The van der Waals surface area contributed by atoms with Gasteiger partial charge in [0.05, 0.1) is 11.9 Å². The Morgan fingerprint density at radius 2 is 1.79 bits per heavy atom. The van der Waals surface area contributed by atoms with Gasteiger partial charge < -0.3 is 5.32 Å². The van der Waals surface area contributed by atoms with Crippen LogP contribution in [0.3, 0.4) is 0 Å². The maximum absolute atomic E-state index is 12.4. The van der Waals surface area contributed by atoms with E-state index in [2.05, 4.69) is 5.32 Å². The van der Waals surface area contributed by atoms with Gasteiger partial charge in [0.15, 0.2) is 0 Å². The van der Waals surface area contributed by atoms with Crippen LogP contribution in [0.5, 0.6) is 0 Å². The van der Waals surface area contributed by atoms with Crippen LogP contribution < -0.4 is 9.62 Å². The summed E-state index contributed by atoms with van der Waals surface area (Å²) in [6, 6.07) is 7.56. The highest BCUT2D eigenvalue weighted by molar-refractivity contribution is 7.92. The summed E-state index contributed by atoms with van der Waals surface area (Å²) in [7, 11) is -3.56. The molecule has 1 aromatic carbocycles. The Kier molecular flexibility index (Phi) is 5.58. The molecule has 0 bridgehead atoms. The summed E-state index contributed by atoms with van der Waals surface area (Å²) in [4.78, 5) is 12.4. The van der Waals surface area contributed by atoms with Gasteiger partial charge in [-0.25, -0.2) is 8.42 Å². The number of carbonyl (C=O) groups is 1. The van der Waals surface area contributed by atoms with Gasteiger partial charge in [-0.05, 0) is 29.9 Å². The van der Waals surface area contributed by atoms with Gasteiger partial charge in [0.2, 0.25) is 15.9 Å². The van der Waals surface area contributed by atoms with E-state index < -0.39 is 10.0 Å². The molecule has 134 valence electrons. The summed E-state index contributed by atoms with van der Waals surface area (Å²) >= 11 is 0. The Hall–Kier alpha value is -1.56. The van der Waals surface area contributed by atoms with Crippen LogP contribution in [-0.4, -0.2) is 33.2 Å². The van der Waals surface area contributed by atoms with Gasteiger partial charge in [-0.15, -0.1) is 0 Å². The molecule has 0 unspecified atom stereocenters. The number of nitrogens with zero attached hydrogens (tertiary/aromatic N) is 1. The maximum Gasteiger partial charge on any atom is 0.240 e. The van der Waals surface area contributed by atoms with E-state index >= 15 is 0 Å². The number of benzene rings is 1. The Morgan fingerprint density at radius 1 is 1.21 bits per heavy atom. The summed E-state index contributed by atoms with van der Waals surface area (Å²) in [5.74, 6) is -0.240. The van der Waals surface area contributed by atoms with Crippen molar-refractivity contribution >= 4 is 21.6 Å². The average molecular weight is 353 g/mol. The predicted octanol–water partition coefficient (Wildman–Crippen LogP) is 2.81. The van der Waals surface area contributed by atoms with Crippen LogP contribution >= 0.6 is 0 Å². The monoisotopic (exact) mass is 352 g/mol. The first-order valence-corrected chi connectivity index (χ1v) is 10.3. The molecule has 6 heteroatoms. The minimum Gasteiger partial charge on any atom is -0.352 e. The SMILES string of the molecule is CC(C)(C)c1ccccc1N(CC(=O)NC1CCCC1)S(C)(=O)=O. The first-order chi connectivity index (χ1) is 11.1. The number of hydrogen-bond acceptors (Lipinski definition) is 3. The number of anilines is 1. The number of nitrogens with one attached hydrogen (secondary N) is 1.